The zero-order chi connectivity index (χ0) is 5.86. The van der Waals surface area contributed by atoms with Crippen LogP contribution in [0.2, 0.25) is 0 Å². The number of hydrogen-bond donors (Lipinski definition) is 0. The van der Waals surface area contributed by atoms with E-state index in [-0.39, 0.29) is 57.3 Å². The molecule has 0 aromatic heterocycles. The Bertz CT molecular complexity index is 95.8. The number of halogens is 1. The third kappa shape index (κ3) is 22.9. The monoisotopic (exact) mass is 202 g/mol. The van der Waals surface area contributed by atoms with Crippen LogP contribution in [-0.2, 0) is 13.0 Å². The molecule has 0 aromatic rings. The Morgan fingerprint density at radius 1 is 1.10 bits per heavy atom. The molecule has 10 heteroatoms. The second-order valence-electron chi connectivity index (χ2n) is 0.602. The van der Waals surface area contributed by atoms with Crippen LogP contribution < -0.4 is 43.9 Å². The molecule has 0 unspecified atom stereocenters. The molecule has 0 rings (SSSR count). The maximum Gasteiger partial charge on any atom is 2.00 e. The van der Waals surface area contributed by atoms with Crippen LogP contribution in [0, 0.1) is 0 Å². The fourth-order valence-electron chi connectivity index (χ4n) is 0.0680. The number of hydrogen-bond acceptors (Lipinski definition) is 5. The van der Waals surface area contributed by atoms with Crippen molar-refractivity contribution in [2.45, 2.75) is 0 Å². The van der Waals surface area contributed by atoms with Gasteiger partial charge in [0.25, 0.3) is 0 Å². The van der Waals surface area contributed by atoms with Crippen LogP contribution >= 0.6 is 0 Å². The van der Waals surface area contributed by atoms with Gasteiger partial charge in [0.2, 0.25) is 0 Å². The Labute approximate surface area is 97.4 Å². The molecule has 0 saturated heterocycles. The normalized spacial score (nSPS) is 5.20. The Balaban J connectivity index is -0.0000000600. The standard InChI is InChI=1S/FH.Mg.Na.O5Si2/c;;;1-6(2)5-7(3)4/h1H;;;/q;+2;+1;-2/p-1. The molecule has 0 spiro atoms. The third-order valence-electron chi connectivity index (χ3n) is 0.167. The summed E-state index contributed by atoms with van der Waals surface area (Å²) in [5.74, 6) is 0. The van der Waals surface area contributed by atoms with Crippen molar-refractivity contribution in [3.05, 3.63) is 0 Å². The van der Waals surface area contributed by atoms with Gasteiger partial charge in [0.15, 0.2) is 0 Å². The molecule has 10 heavy (non-hydrogen) atoms. The second kappa shape index (κ2) is 12.8. The Hall–Kier alpha value is 1.13. The average molecular weight is 202 g/mol. The fraction of sp³-hybridized carbons (Fsp3) is 0. The van der Waals surface area contributed by atoms with E-state index in [1.807, 2.05) is 0 Å². The van der Waals surface area contributed by atoms with Crippen molar-refractivity contribution >= 4 is 41.4 Å². The molecule has 0 aliphatic rings. The van der Waals surface area contributed by atoms with Gasteiger partial charge in [0, 0.05) is 0 Å². The second-order valence-corrected chi connectivity index (χ2v) is 2.42. The summed E-state index contributed by atoms with van der Waals surface area (Å²) in [4.78, 5) is 18.6. The van der Waals surface area contributed by atoms with E-state index in [0.29, 0.717) is 0 Å². The van der Waals surface area contributed by atoms with E-state index < -0.39 is 18.3 Å². The maximum atomic E-state index is 9.29. The van der Waals surface area contributed by atoms with Crippen LogP contribution in [0.1, 0.15) is 0 Å². The third-order valence-corrected chi connectivity index (χ3v) is 1.50. The average Bonchev–Trinajstić information content (AvgIpc) is 1.27. The quantitative estimate of drug-likeness (QED) is 0.415. The molecule has 0 N–H and O–H groups in total. The van der Waals surface area contributed by atoms with Gasteiger partial charge in [-0.3, -0.25) is 0 Å². The van der Waals surface area contributed by atoms with Crippen molar-refractivity contribution in [3.8, 4) is 0 Å². The largest absolute Gasteiger partial charge is 2.00 e. The Morgan fingerprint density at radius 3 is 1.30 bits per heavy atom. The van der Waals surface area contributed by atoms with Crippen molar-refractivity contribution in [3.63, 3.8) is 0 Å². The first kappa shape index (κ1) is 22.5. The summed E-state index contributed by atoms with van der Waals surface area (Å²) >= 11 is 0. The zero-order valence-electron chi connectivity index (χ0n) is 5.13. The van der Waals surface area contributed by atoms with Gasteiger partial charge >= 0.3 is 71.0 Å². The molecule has 0 atom stereocenters. The smallest absolute Gasteiger partial charge is 1.00 e. The van der Waals surface area contributed by atoms with Gasteiger partial charge in [-0.1, -0.05) is 0 Å². The first-order valence-corrected chi connectivity index (χ1v) is 3.67. The fourth-order valence-corrected chi connectivity index (χ4v) is 0.612. The summed E-state index contributed by atoms with van der Waals surface area (Å²) in [5, 5.41) is 0. The van der Waals surface area contributed by atoms with Crippen molar-refractivity contribution in [2.75, 3.05) is 0 Å². The van der Waals surface area contributed by atoms with Crippen LogP contribution in [-0.4, -0.2) is 41.4 Å². The molecule has 0 aliphatic heterocycles. The minimum Gasteiger partial charge on any atom is -1.00 e. The van der Waals surface area contributed by atoms with Crippen LogP contribution in [0.25, 0.3) is 0 Å². The Kier molecular flexibility index (Phi) is 28.7. The topological polar surface area (TPSA) is 89.5 Å². The van der Waals surface area contributed by atoms with Crippen LogP contribution in [0.4, 0.5) is 0 Å². The van der Waals surface area contributed by atoms with E-state index in [1.165, 1.54) is 0 Å². The summed E-state index contributed by atoms with van der Waals surface area (Å²) < 4.78 is 21.8. The molecule has 0 aromatic carbocycles. The van der Waals surface area contributed by atoms with E-state index in [9.17, 15) is 18.5 Å². The van der Waals surface area contributed by atoms with Crippen molar-refractivity contribution < 1.29 is 56.9 Å². The van der Waals surface area contributed by atoms with Gasteiger partial charge < -0.3 is 27.3 Å². The SMILES string of the molecule is O=[Si]([O-])O[Si](=O)[O-].[F-].[Mg+2].[Na+]. The summed E-state index contributed by atoms with van der Waals surface area (Å²) in [7, 11) is -7.03. The van der Waals surface area contributed by atoms with E-state index in [0.717, 1.165) is 0 Å². The summed E-state index contributed by atoms with van der Waals surface area (Å²) in [6.07, 6.45) is 0. The van der Waals surface area contributed by atoms with Gasteiger partial charge in [0.05, 0.1) is 0 Å². The maximum absolute atomic E-state index is 9.29. The van der Waals surface area contributed by atoms with Gasteiger partial charge in [-0.2, -0.15) is 0 Å². The molecule has 0 amide bonds. The molecular weight excluding hydrogens is 202 g/mol. The molecule has 0 saturated carbocycles. The van der Waals surface area contributed by atoms with E-state index in [1.54, 1.807) is 0 Å². The summed E-state index contributed by atoms with van der Waals surface area (Å²) in [5.41, 5.74) is 0. The van der Waals surface area contributed by atoms with Gasteiger partial charge in [-0.05, 0) is 0 Å². The van der Waals surface area contributed by atoms with Gasteiger partial charge in [0.1, 0.15) is 0 Å². The zero-order valence-corrected chi connectivity index (χ0v) is 10.5. The predicted molar refractivity (Wildman–Crippen MR) is 19.7 cm³/mol. The predicted octanol–water partition coefficient (Wildman–Crippen LogP) is -9.82. The van der Waals surface area contributed by atoms with Gasteiger partial charge in [-0.15, -0.1) is 0 Å². The summed E-state index contributed by atoms with van der Waals surface area (Å²) in [6.45, 7) is 0. The van der Waals surface area contributed by atoms with Crippen molar-refractivity contribution in [1.29, 1.82) is 0 Å². The molecular formula is FMgNaO5Si2. The van der Waals surface area contributed by atoms with Crippen LogP contribution in [0.3, 0.4) is 0 Å². The molecule has 0 aliphatic carbocycles. The minimum atomic E-state index is -3.51. The molecule has 0 radical (unpaired) electrons. The van der Waals surface area contributed by atoms with Crippen molar-refractivity contribution in [1.82, 2.24) is 0 Å². The van der Waals surface area contributed by atoms with Gasteiger partial charge in [-0.25, -0.2) is 0 Å². The van der Waals surface area contributed by atoms with Crippen LogP contribution in [0.15, 0.2) is 0 Å². The molecule has 48 valence electrons. The van der Waals surface area contributed by atoms with Crippen molar-refractivity contribution in [2.24, 2.45) is 0 Å². The first-order valence-electron chi connectivity index (χ1n) is 1.22. The first-order chi connectivity index (χ1) is 3.13. The molecule has 0 fully saturated rings. The van der Waals surface area contributed by atoms with E-state index in [2.05, 4.69) is 4.12 Å². The molecule has 0 bridgehead atoms. The minimum absolute atomic E-state index is 0. The van der Waals surface area contributed by atoms with E-state index >= 15 is 0 Å². The number of rotatable bonds is 2. The molecule has 5 nitrogen and oxygen atoms in total. The molecule has 0 heterocycles. The summed E-state index contributed by atoms with van der Waals surface area (Å²) in [6, 6.07) is 0. The Morgan fingerprint density at radius 2 is 1.30 bits per heavy atom. The van der Waals surface area contributed by atoms with E-state index in [4.69, 9.17) is 0 Å². The van der Waals surface area contributed by atoms with Crippen LogP contribution in [0.5, 0.6) is 0 Å².